The van der Waals surface area contributed by atoms with E-state index in [9.17, 15) is 13.5 Å². The van der Waals surface area contributed by atoms with Crippen molar-refractivity contribution in [3.63, 3.8) is 0 Å². The van der Waals surface area contributed by atoms with Gasteiger partial charge in [-0.15, -0.1) is 0 Å². The third-order valence-corrected chi connectivity index (χ3v) is 6.76. The highest BCUT2D eigenvalue weighted by Gasteiger charge is 2.43. The van der Waals surface area contributed by atoms with Crippen LogP contribution in [0.3, 0.4) is 0 Å². The van der Waals surface area contributed by atoms with Gasteiger partial charge in [-0.1, -0.05) is 24.3 Å². The summed E-state index contributed by atoms with van der Waals surface area (Å²) < 4.78 is 28.1. The molecule has 3 aromatic rings. The number of nitrogens with zero attached hydrogens (tertiary/aromatic N) is 3. The summed E-state index contributed by atoms with van der Waals surface area (Å²) in [4.78, 5) is 8.26. The zero-order chi connectivity index (χ0) is 18.9. The maximum atomic E-state index is 13.3. The van der Waals surface area contributed by atoms with E-state index in [1.54, 1.807) is 67.3 Å². The van der Waals surface area contributed by atoms with Crippen LogP contribution < -0.4 is 0 Å². The number of fused-ring (bicyclic) bond motifs is 1. The van der Waals surface area contributed by atoms with Gasteiger partial charge in [-0.3, -0.25) is 9.97 Å². The van der Waals surface area contributed by atoms with E-state index in [4.69, 9.17) is 0 Å². The molecule has 1 N–H and O–H groups in total. The minimum Gasteiger partial charge on any atom is -0.387 e. The lowest BCUT2D eigenvalue weighted by Crippen LogP contribution is -2.48. The Kier molecular flexibility index (Phi) is 4.73. The van der Waals surface area contributed by atoms with Crippen molar-refractivity contribution in [1.82, 2.24) is 14.3 Å². The molecular formula is C20H19N3O3S. The smallest absolute Gasteiger partial charge is 0.244 e. The molecule has 4 rings (SSSR count). The van der Waals surface area contributed by atoms with E-state index in [2.05, 4.69) is 9.97 Å². The highest BCUT2D eigenvalue weighted by atomic mass is 32.2. The molecular weight excluding hydrogens is 362 g/mol. The van der Waals surface area contributed by atoms with Crippen molar-refractivity contribution in [3.8, 4) is 0 Å². The van der Waals surface area contributed by atoms with Crippen LogP contribution in [0.25, 0.3) is 0 Å². The predicted octanol–water partition coefficient (Wildman–Crippen LogP) is 2.33. The van der Waals surface area contributed by atoms with E-state index in [0.29, 0.717) is 12.0 Å². The van der Waals surface area contributed by atoms with E-state index >= 15 is 0 Å². The van der Waals surface area contributed by atoms with Crippen LogP contribution in [0.5, 0.6) is 0 Å². The molecule has 138 valence electrons. The lowest BCUT2D eigenvalue weighted by Gasteiger charge is -2.39. The number of pyridine rings is 2. The van der Waals surface area contributed by atoms with Crippen molar-refractivity contribution in [1.29, 1.82) is 0 Å². The third kappa shape index (κ3) is 3.37. The molecule has 0 amide bonds. The zero-order valence-corrected chi connectivity index (χ0v) is 15.3. The minimum absolute atomic E-state index is 0.161. The van der Waals surface area contributed by atoms with Crippen LogP contribution in [0.4, 0.5) is 0 Å². The Hall–Kier alpha value is -2.61. The highest BCUT2D eigenvalue weighted by Crippen LogP contribution is 2.38. The molecule has 0 saturated heterocycles. The third-order valence-electron chi connectivity index (χ3n) is 4.81. The van der Waals surface area contributed by atoms with Crippen molar-refractivity contribution in [2.24, 2.45) is 0 Å². The number of hydrogen-bond acceptors (Lipinski definition) is 5. The largest absolute Gasteiger partial charge is 0.387 e. The fourth-order valence-corrected chi connectivity index (χ4v) is 5.33. The monoisotopic (exact) mass is 381 g/mol. The Bertz CT molecular complexity index is 1030. The normalized spacial score (nSPS) is 21.5. The van der Waals surface area contributed by atoms with E-state index in [0.717, 1.165) is 11.1 Å². The fourth-order valence-electron chi connectivity index (χ4n) is 3.47. The van der Waals surface area contributed by atoms with E-state index < -0.39 is 22.2 Å². The van der Waals surface area contributed by atoms with Gasteiger partial charge in [0, 0.05) is 36.9 Å². The fraction of sp³-hybridized carbons (Fsp3) is 0.200. The van der Waals surface area contributed by atoms with Gasteiger partial charge in [0.15, 0.2) is 0 Å². The summed E-state index contributed by atoms with van der Waals surface area (Å²) in [7, 11) is -3.75. The van der Waals surface area contributed by atoms with Crippen LogP contribution in [-0.4, -0.2) is 33.8 Å². The number of sulfonamides is 1. The number of aliphatic hydroxyl groups excluding tert-OH is 1. The minimum atomic E-state index is -3.75. The molecule has 3 heterocycles. The van der Waals surface area contributed by atoms with Gasteiger partial charge in [0.2, 0.25) is 10.0 Å². The summed E-state index contributed by atoms with van der Waals surface area (Å²) in [6.07, 6.45) is 6.07. The molecule has 2 aromatic heterocycles. The van der Waals surface area contributed by atoms with Gasteiger partial charge in [-0.05, 0) is 41.8 Å². The summed E-state index contributed by atoms with van der Waals surface area (Å²) in [5, 5.41) is 11.0. The number of benzene rings is 1. The maximum Gasteiger partial charge on any atom is 0.244 e. The average Bonchev–Trinajstić information content (AvgIpc) is 2.71. The van der Waals surface area contributed by atoms with Crippen LogP contribution >= 0.6 is 0 Å². The molecule has 1 aliphatic heterocycles. The zero-order valence-electron chi connectivity index (χ0n) is 14.5. The number of hydrogen-bond donors (Lipinski definition) is 1. The summed E-state index contributed by atoms with van der Waals surface area (Å²) in [6.45, 7) is 0.168. The Morgan fingerprint density at radius 3 is 2.44 bits per heavy atom. The van der Waals surface area contributed by atoms with E-state index in [1.807, 2.05) is 6.07 Å². The van der Waals surface area contributed by atoms with Gasteiger partial charge in [-0.25, -0.2) is 8.42 Å². The Labute approximate surface area is 158 Å². The Morgan fingerprint density at radius 1 is 0.926 bits per heavy atom. The molecule has 2 atom stereocenters. The molecule has 0 saturated carbocycles. The van der Waals surface area contributed by atoms with Crippen molar-refractivity contribution < 1.29 is 13.5 Å². The SMILES string of the molecule is O=S1(=O)c2ccccc2[C@H](O)[C@@H](Cc2cccnc2)N1Cc1ccncc1. The summed E-state index contributed by atoms with van der Waals surface area (Å²) in [5.41, 5.74) is 2.13. The molecule has 27 heavy (non-hydrogen) atoms. The van der Waals surface area contributed by atoms with Crippen molar-refractivity contribution in [2.45, 2.75) is 30.0 Å². The topological polar surface area (TPSA) is 83.4 Å². The first-order valence-corrected chi connectivity index (χ1v) is 10.1. The molecule has 1 aromatic carbocycles. The molecule has 7 heteroatoms. The molecule has 1 aliphatic rings. The van der Waals surface area contributed by atoms with Gasteiger partial charge < -0.3 is 5.11 Å². The number of rotatable bonds is 4. The van der Waals surface area contributed by atoms with E-state index in [-0.39, 0.29) is 11.4 Å². The van der Waals surface area contributed by atoms with Gasteiger partial charge >= 0.3 is 0 Å². The Balaban J connectivity index is 1.80. The molecule has 0 bridgehead atoms. The Morgan fingerprint density at radius 2 is 1.70 bits per heavy atom. The summed E-state index contributed by atoms with van der Waals surface area (Å²) in [5.74, 6) is 0. The second kappa shape index (κ2) is 7.19. The molecule has 0 fully saturated rings. The number of aromatic nitrogens is 2. The summed E-state index contributed by atoms with van der Waals surface area (Å²) >= 11 is 0. The van der Waals surface area contributed by atoms with Crippen molar-refractivity contribution in [2.75, 3.05) is 0 Å². The second-order valence-corrected chi connectivity index (χ2v) is 8.38. The van der Waals surface area contributed by atoms with Crippen LogP contribution in [0.15, 0.2) is 78.2 Å². The highest BCUT2D eigenvalue weighted by molar-refractivity contribution is 7.89. The first-order valence-electron chi connectivity index (χ1n) is 8.64. The molecule has 0 unspecified atom stereocenters. The van der Waals surface area contributed by atoms with Crippen molar-refractivity contribution in [3.05, 3.63) is 90.0 Å². The quantitative estimate of drug-likeness (QED) is 0.750. The molecule has 0 aliphatic carbocycles. The summed E-state index contributed by atoms with van der Waals surface area (Å²) in [6, 6.07) is 13.3. The predicted molar refractivity (Wildman–Crippen MR) is 100 cm³/mol. The van der Waals surface area contributed by atoms with Crippen LogP contribution in [0.2, 0.25) is 0 Å². The van der Waals surface area contributed by atoms with Gasteiger partial charge in [0.05, 0.1) is 17.0 Å². The van der Waals surface area contributed by atoms with Crippen LogP contribution in [0, 0.1) is 0 Å². The average molecular weight is 381 g/mol. The number of aliphatic hydroxyl groups is 1. The molecule has 0 radical (unpaired) electrons. The first kappa shape index (κ1) is 17.8. The standard InChI is InChI=1S/C20H19N3O3S/c24-20-17-5-1-2-6-19(17)27(25,26)23(14-15-7-10-21-11-8-15)18(20)12-16-4-3-9-22-13-16/h1-11,13,18,20,24H,12,14H2/t18-,20+/m1/s1. The van der Waals surface area contributed by atoms with Gasteiger partial charge in [-0.2, -0.15) is 4.31 Å². The molecule has 6 nitrogen and oxygen atoms in total. The lowest BCUT2D eigenvalue weighted by atomic mass is 9.96. The second-order valence-electron chi connectivity index (χ2n) is 6.52. The first-order chi connectivity index (χ1) is 13.1. The molecule has 0 spiro atoms. The van der Waals surface area contributed by atoms with Crippen LogP contribution in [0.1, 0.15) is 22.8 Å². The van der Waals surface area contributed by atoms with Crippen molar-refractivity contribution >= 4 is 10.0 Å². The maximum absolute atomic E-state index is 13.3. The lowest BCUT2D eigenvalue weighted by molar-refractivity contribution is 0.0769. The van der Waals surface area contributed by atoms with E-state index in [1.165, 1.54) is 4.31 Å². The van der Waals surface area contributed by atoms with Crippen LogP contribution in [-0.2, 0) is 23.0 Å². The van der Waals surface area contributed by atoms with Gasteiger partial charge in [0.25, 0.3) is 0 Å². The van der Waals surface area contributed by atoms with Gasteiger partial charge in [0.1, 0.15) is 0 Å².